The third-order valence-electron chi connectivity index (χ3n) is 3.42. The van der Waals surface area contributed by atoms with Crippen LogP contribution in [0.15, 0.2) is 16.6 Å². The van der Waals surface area contributed by atoms with Gasteiger partial charge in [-0.2, -0.15) is 0 Å². The van der Waals surface area contributed by atoms with Crippen molar-refractivity contribution in [2.45, 2.75) is 38.6 Å². The quantitative estimate of drug-likeness (QED) is 0.923. The van der Waals surface area contributed by atoms with Crippen LogP contribution in [-0.4, -0.2) is 19.7 Å². The summed E-state index contributed by atoms with van der Waals surface area (Å²) >= 11 is 3.69. The highest BCUT2D eigenvalue weighted by Gasteiger charge is 2.15. The van der Waals surface area contributed by atoms with Crippen molar-refractivity contribution in [3.63, 3.8) is 0 Å². The number of piperidine rings is 1. The van der Waals surface area contributed by atoms with Crippen LogP contribution in [-0.2, 0) is 6.42 Å². The number of benzene rings is 1. The van der Waals surface area contributed by atoms with E-state index in [2.05, 4.69) is 40.3 Å². The molecule has 1 aliphatic rings. The van der Waals surface area contributed by atoms with Crippen LogP contribution < -0.4 is 10.1 Å². The molecule has 1 saturated heterocycles. The van der Waals surface area contributed by atoms with Crippen molar-refractivity contribution in [2.24, 2.45) is 0 Å². The second-order valence-corrected chi connectivity index (χ2v) is 5.56. The summed E-state index contributed by atoms with van der Waals surface area (Å²) in [6.45, 7) is 3.27. The molecule has 0 saturated carbocycles. The van der Waals surface area contributed by atoms with E-state index in [1.807, 2.05) is 0 Å². The lowest BCUT2D eigenvalue weighted by molar-refractivity contribution is 0.395. The maximum atomic E-state index is 5.34. The van der Waals surface area contributed by atoms with E-state index in [1.165, 1.54) is 34.9 Å². The van der Waals surface area contributed by atoms with Gasteiger partial charge in [-0.15, -0.1) is 0 Å². The van der Waals surface area contributed by atoms with E-state index >= 15 is 0 Å². The van der Waals surface area contributed by atoms with Crippen LogP contribution in [0.5, 0.6) is 5.75 Å². The van der Waals surface area contributed by atoms with Gasteiger partial charge < -0.3 is 10.1 Å². The Bertz CT molecular complexity index is 386. The normalized spacial score (nSPS) is 20.3. The molecule has 2 nitrogen and oxygen atoms in total. The van der Waals surface area contributed by atoms with Crippen molar-refractivity contribution in [2.75, 3.05) is 13.7 Å². The van der Waals surface area contributed by atoms with Gasteiger partial charge in [0.2, 0.25) is 0 Å². The molecule has 1 N–H and O–H groups in total. The summed E-state index contributed by atoms with van der Waals surface area (Å²) < 4.78 is 6.57. The summed E-state index contributed by atoms with van der Waals surface area (Å²) in [5, 5.41) is 3.59. The molecule has 94 valence electrons. The second kappa shape index (κ2) is 5.87. The number of hydrogen-bond donors (Lipinski definition) is 1. The van der Waals surface area contributed by atoms with E-state index in [1.54, 1.807) is 7.11 Å². The molecule has 17 heavy (non-hydrogen) atoms. The molecule has 1 atom stereocenters. The molecule has 0 spiro atoms. The predicted molar refractivity (Wildman–Crippen MR) is 74.8 cm³/mol. The molecule has 0 aliphatic carbocycles. The molecule has 0 radical (unpaired) electrons. The monoisotopic (exact) mass is 297 g/mol. The van der Waals surface area contributed by atoms with Gasteiger partial charge in [-0.25, -0.2) is 0 Å². The molecule has 1 aliphatic heterocycles. The topological polar surface area (TPSA) is 21.3 Å². The van der Waals surface area contributed by atoms with Gasteiger partial charge in [0.05, 0.1) is 7.11 Å². The SMILES string of the molecule is COc1cc(C)c(Br)c(CC2CCCCN2)c1. The molecule has 3 heteroatoms. The van der Waals surface area contributed by atoms with Gasteiger partial charge in [0.15, 0.2) is 0 Å². The largest absolute Gasteiger partial charge is 0.497 e. The van der Waals surface area contributed by atoms with Crippen LogP contribution in [0, 0.1) is 6.92 Å². The van der Waals surface area contributed by atoms with Gasteiger partial charge >= 0.3 is 0 Å². The Morgan fingerprint density at radius 1 is 1.41 bits per heavy atom. The van der Waals surface area contributed by atoms with E-state index < -0.39 is 0 Å². The molecular weight excluding hydrogens is 278 g/mol. The van der Waals surface area contributed by atoms with Crippen LogP contribution in [0.1, 0.15) is 30.4 Å². The number of hydrogen-bond acceptors (Lipinski definition) is 2. The fourth-order valence-electron chi connectivity index (χ4n) is 2.44. The fraction of sp³-hybridized carbons (Fsp3) is 0.571. The molecule has 0 bridgehead atoms. The number of methoxy groups -OCH3 is 1. The number of aryl methyl sites for hydroxylation is 1. The fourth-order valence-corrected chi connectivity index (χ4v) is 2.83. The van der Waals surface area contributed by atoms with Crippen LogP contribution in [0.3, 0.4) is 0 Å². The molecular formula is C14H20BrNO. The molecule has 1 aromatic carbocycles. The van der Waals surface area contributed by atoms with Crippen molar-refractivity contribution in [3.8, 4) is 5.75 Å². The Balaban J connectivity index is 2.15. The van der Waals surface area contributed by atoms with Gasteiger partial charge in [0.25, 0.3) is 0 Å². The molecule has 1 heterocycles. The van der Waals surface area contributed by atoms with Crippen molar-refractivity contribution >= 4 is 15.9 Å². The second-order valence-electron chi connectivity index (χ2n) is 4.77. The summed E-state index contributed by atoms with van der Waals surface area (Å²) in [7, 11) is 1.73. The van der Waals surface area contributed by atoms with Crippen LogP contribution in [0.25, 0.3) is 0 Å². The van der Waals surface area contributed by atoms with Crippen LogP contribution in [0.2, 0.25) is 0 Å². The first kappa shape index (κ1) is 12.9. The third kappa shape index (κ3) is 3.23. The van der Waals surface area contributed by atoms with Gasteiger partial charge in [-0.05, 0) is 56.0 Å². The number of rotatable bonds is 3. The maximum Gasteiger partial charge on any atom is 0.119 e. The van der Waals surface area contributed by atoms with E-state index in [9.17, 15) is 0 Å². The maximum absolute atomic E-state index is 5.34. The standard InChI is InChI=1S/C14H20BrNO/c1-10-7-13(17-2)9-11(14(10)15)8-12-5-3-4-6-16-12/h7,9,12,16H,3-6,8H2,1-2H3. The van der Waals surface area contributed by atoms with Gasteiger partial charge in [-0.1, -0.05) is 22.4 Å². The number of nitrogens with one attached hydrogen (secondary N) is 1. The average molecular weight is 298 g/mol. The summed E-state index contributed by atoms with van der Waals surface area (Å²) in [5.41, 5.74) is 2.59. The first-order valence-electron chi connectivity index (χ1n) is 6.27. The Morgan fingerprint density at radius 3 is 2.88 bits per heavy atom. The van der Waals surface area contributed by atoms with Crippen LogP contribution >= 0.6 is 15.9 Å². The molecule has 0 aromatic heterocycles. The zero-order valence-corrected chi connectivity index (χ0v) is 12.1. The Labute approximate surface area is 112 Å². The first-order valence-corrected chi connectivity index (χ1v) is 7.06. The summed E-state index contributed by atoms with van der Waals surface area (Å²) in [4.78, 5) is 0. The number of halogens is 1. The van der Waals surface area contributed by atoms with Gasteiger partial charge in [-0.3, -0.25) is 0 Å². The van der Waals surface area contributed by atoms with Crippen LogP contribution in [0.4, 0.5) is 0 Å². The van der Waals surface area contributed by atoms with E-state index in [-0.39, 0.29) is 0 Å². The minimum atomic E-state index is 0.617. The summed E-state index contributed by atoms with van der Waals surface area (Å²) in [6, 6.07) is 4.83. The van der Waals surface area contributed by atoms with Crippen molar-refractivity contribution in [3.05, 3.63) is 27.7 Å². The molecule has 1 fully saturated rings. The van der Waals surface area contributed by atoms with E-state index in [0.717, 1.165) is 18.7 Å². The zero-order valence-electron chi connectivity index (χ0n) is 10.6. The highest BCUT2D eigenvalue weighted by Crippen LogP contribution is 2.28. The third-order valence-corrected chi connectivity index (χ3v) is 4.55. The highest BCUT2D eigenvalue weighted by atomic mass is 79.9. The van der Waals surface area contributed by atoms with Crippen molar-refractivity contribution in [1.82, 2.24) is 5.32 Å². The summed E-state index contributed by atoms with van der Waals surface area (Å²) in [5.74, 6) is 0.955. The summed E-state index contributed by atoms with van der Waals surface area (Å²) in [6.07, 6.45) is 5.02. The average Bonchev–Trinajstić information content (AvgIpc) is 2.36. The van der Waals surface area contributed by atoms with E-state index in [0.29, 0.717) is 6.04 Å². The Morgan fingerprint density at radius 2 is 2.24 bits per heavy atom. The van der Waals surface area contributed by atoms with Crippen molar-refractivity contribution < 1.29 is 4.74 Å². The Hall–Kier alpha value is -0.540. The van der Waals surface area contributed by atoms with Gasteiger partial charge in [0.1, 0.15) is 5.75 Å². The lowest BCUT2D eigenvalue weighted by Gasteiger charge is -2.24. The number of ether oxygens (including phenoxy) is 1. The minimum absolute atomic E-state index is 0.617. The minimum Gasteiger partial charge on any atom is -0.497 e. The highest BCUT2D eigenvalue weighted by molar-refractivity contribution is 9.10. The first-order chi connectivity index (χ1) is 8.20. The van der Waals surface area contributed by atoms with E-state index in [4.69, 9.17) is 4.74 Å². The Kier molecular flexibility index (Phi) is 4.46. The lowest BCUT2D eigenvalue weighted by Crippen LogP contribution is -2.35. The molecule has 1 aromatic rings. The predicted octanol–water partition coefficient (Wildman–Crippen LogP) is 3.45. The van der Waals surface area contributed by atoms with Gasteiger partial charge in [0, 0.05) is 10.5 Å². The van der Waals surface area contributed by atoms with Crippen molar-refractivity contribution in [1.29, 1.82) is 0 Å². The lowest BCUT2D eigenvalue weighted by atomic mass is 9.97. The molecule has 1 unspecified atom stereocenters. The molecule has 2 rings (SSSR count). The molecule has 0 amide bonds. The zero-order chi connectivity index (χ0) is 12.3. The smallest absolute Gasteiger partial charge is 0.119 e.